The lowest BCUT2D eigenvalue weighted by Gasteiger charge is -2.13. The Bertz CT molecular complexity index is 2660. The number of fused-ring (bicyclic) bond motifs is 4. The number of aryl methyl sites for hydroxylation is 2. The molecule has 0 spiro atoms. The summed E-state index contributed by atoms with van der Waals surface area (Å²) < 4.78 is 0. The molecule has 5 heteroatoms. The van der Waals surface area contributed by atoms with Crippen LogP contribution in [-0.2, 0) is 0 Å². The van der Waals surface area contributed by atoms with Gasteiger partial charge in [0.2, 0.25) is 0 Å². The van der Waals surface area contributed by atoms with Gasteiger partial charge in [0.05, 0.1) is 27.9 Å². The van der Waals surface area contributed by atoms with E-state index in [2.05, 4.69) is 128 Å². The van der Waals surface area contributed by atoms with E-state index in [1.54, 1.807) is 0 Å². The second-order valence-electron chi connectivity index (χ2n) is 12.9. The summed E-state index contributed by atoms with van der Waals surface area (Å²) in [5, 5.41) is 3.31. The van der Waals surface area contributed by atoms with Crippen LogP contribution >= 0.6 is 0 Å². The molecule has 0 radical (unpaired) electrons. The number of para-hydroxylation sites is 1. The van der Waals surface area contributed by atoms with Crippen molar-refractivity contribution in [3.8, 4) is 44.9 Å². The zero-order chi connectivity index (χ0) is 33.6. The summed E-state index contributed by atoms with van der Waals surface area (Å²) in [7, 11) is 0. The highest BCUT2D eigenvalue weighted by atomic mass is 14.9. The van der Waals surface area contributed by atoms with Crippen LogP contribution < -0.4 is 0 Å². The molecule has 1 aliphatic rings. The van der Waals surface area contributed by atoms with E-state index in [0.717, 1.165) is 107 Å². The van der Waals surface area contributed by atoms with Crippen molar-refractivity contribution in [2.24, 2.45) is 0 Å². The van der Waals surface area contributed by atoms with Crippen LogP contribution in [0.5, 0.6) is 0 Å². The van der Waals surface area contributed by atoms with Crippen molar-refractivity contribution < 1.29 is 0 Å². The third-order valence-corrected chi connectivity index (χ3v) is 9.48. The number of hydrogen-bond acceptors (Lipinski definition) is 5. The second-order valence-corrected chi connectivity index (χ2v) is 12.9. The lowest BCUT2D eigenvalue weighted by molar-refractivity contribution is 1.03. The minimum absolute atomic E-state index is 0.696. The van der Waals surface area contributed by atoms with Crippen LogP contribution in [0.2, 0.25) is 0 Å². The third-order valence-electron chi connectivity index (χ3n) is 9.48. The highest BCUT2D eigenvalue weighted by Gasteiger charge is 2.15. The van der Waals surface area contributed by atoms with Crippen LogP contribution in [0.3, 0.4) is 0 Å². The summed E-state index contributed by atoms with van der Waals surface area (Å²) in [6.45, 7) is 4.08. The van der Waals surface area contributed by atoms with E-state index in [0.29, 0.717) is 5.82 Å². The molecule has 4 heterocycles. The maximum atomic E-state index is 5.18. The van der Waals surface area contributed by atoms with Gasteiger partial charge in [-0.2, -0.15) is 0 Å². The topological polar surface area (TPSA) is 64.5 Å². The number of aromatic nitrogens is 5. The average molecular weight is 644 g/mol. The predicted octanol–water partition coefficient (Wildman–Crippen LogP) is 11.1. The molecular formula is C45H33N5. The van der Waals surface area contributed by atoms with E-state index in [1.165, 1.54) is 0 Å². The standard InChI is InChI=1S/C45H33N5/c1-28-16-17-34-22-23-38-39(25-29(2)48-44(38)43(34)47-28)30-18-20-32(21-19-30)41-27-40(31-9-4-3-5-10-31)49-45(50-41)36-13-6-12-35(26-36)37-15-7-11-33-14-8-24-46-42(33)37/h4,6-27H,3,5H2,1-2H3. The van der Waals surface area contributed by atoms with Gasteiger partial charge in [0, 0.05) is 50.4 Å². The molecule has 0 saturated heterocycles. The lowest BCUT2D eigenvalue weighted by Crippen LogP contribution is -1.99. The Morgan fingerprint density at radius 1 is 0.500 bits per heavy atom. The van der Waals surface area contributed by atoms with Gasteiger partial charge in [-0.3, -0.25) is 15.0 Å². The molecular weight excluding hydrogens is 611 g/mol. The van der Waals surface area contributed by atoms with Crippen LogP contribution in [0.15, 0.2) is 140 Å². The van der Waals surface area contributed by atoms with E-state index in [-0.39, 0.29) is 0 Å². The first-order chi connectivity index (χ1) is 24.6. The zero-order valence-electron chi connectivity index (χ0n) is 27.9. The molecule has 4 aromatic heterocycles. The maximum absolute atomic E-state index is 5.18. The molecule has 4 aromatic carbocycles. The number of pyridine rings is 3. The smallest absolute Gasteiger partial charge is 0.160 e. The summed E-state index contributed by atoms with van der Waals surface area (Å²) in [5.41, 5.74) is 14.2. The number of rotatable bonds is 5. The fraction of sp³-hybridized carbons (Fsp3) is 0.0889. The Balaban J connectivity index is 1.14. The molecule has 8 aromatic rings. The summed E-state index contributed by atoms with van der Waals surface area (Å²) in [5.74, 6) is 0.696. The minimum atomic E-state index is 0.696. The molecule has 0 unspecified atom stereocenters. The Kier molecular flexibility index (Phi) is 7.32. The molecule has 0 fully saturated rings. The molecule has 1 aliphatic carbocycles. The fourth-order valence-corrected chi connectivity index (χ4v) is 6.99. The van der Waals surface area contributed by atoms with E-state index < -0.39 is 0 Å². The van der Waals surface area contributed by atoms with Gasteiger partial charge in [0.15, 0.2) is 5.82 Å². The van der Waals surface area contributed by atoms with Gasteiger partial charge in [0.25, 0.3) is 0 Å². The predicted molar refractivity (Wildman–Crippen MR) is 206 cm³/mol. The zero-order valence-corrected chi connectivity index (χ0v) is 27.9. The number of nitrogens with zero attached hydrogens (tertiary/aromatic N) is 5. The van der Waals surface area contributed by atoms with Crippen LogP contribution in [-0.4, -0.2) is 24.9 Å². The Morgan fingerprint density at radius 2 is 1.26 bits per heavy atom. The minimum Gasteiger partial charge on any atom is -0.256 e. The maximum Gasteiger partial charge on any atom is 0.160 e. The van der Waals surface area contributed by atoms with Gasteiger partial charge >= 0.3 is 0 Å². The van der Waals surface area contributed by atoms with Crippen LogP contribution in [0.1, 0.15) is 29.9 Å². The van der Waals surface area contributed by atoms with Crippen molar-refractivity contribution in [2.75, 3.05) is 0 Å². The van der Waals surface area contributed by atoms with Crippen molar-refractivity contribution in [1.82, 2.24) is 24.9 Å². The molecule has 0 N–H and O–H groups in total. The van der Waals surface area contributed by atoms with E-state index in [4.69, 9.17) is 24.9 Å². The number of benzene rings is 4. The number of allylic oxidation sites excluding steroid dienone is 4. The first kappa shape index (κ1) is 29.8. The Hall–Kier alpha value is -6.33. The molecule has 0 bridgehead atoms. The molecule has 0 saturated carbocycles. The second kappa shape index (κ2) is 12.3. The molecule has 238 valence electrons. The van der Waals surface area contributed by atoms with Gasteiger partial charge in [-0.1, -0.05) is 103 Å². The van der Waals surface area contributed by atoms with Gasteiger partial charge in [-0.15, -0.1) is 0 Å². The molecule has 50 heavy (non-hydrogen) atoms. The largest absolute Gasteiger partial charge is 0.256 e. The first-order valence-corrected chi connectivity index (χ1v) is 17.1. The van der Waals surface area contributed by atoms with Crippen molar-refractivity contribution in [3.05, 3.63) is 157 Å². The van der Waals surface area contributed by atoms with Gasteiger partial charge in [-0.25, -0.2) is 9.97 Å². The van der Waals surface area contributed by atoms with E-state index in [9.17, 15) is 0 Å². The van der Waals surface area contributed by atoms with Crippen LogP contribution in [0.25, 0.3) is 83.2 Å². The molecule has 0 atom stereocenters. The average Bonchev–Trinajstić information content (AvgIpc) is 3.17. The fourth-order valence-electron chi connectivity index (χ4n) is 6.99. The van der Waals surface area contributed by atoms with Gasteiger partial charge < -0.3 is 0 Å². The normalized spacial score (nSPS) is 12.9. The van der Waals surface area contributed by atoms with Gasteiger partial charge in [-0.05, 0) is 79.3 Å². The summed E-state index contributed by atoms with van der Waals surface area (Å²) >= 11 is 0. The van der Waals surface area contributed by atoms with E-state index >= 15 is 0 Å². The first-order valence-electron chi connectivity index (χ1n) is 17.1. The third kappa shape index (κ3) is 5.43. The molecule has 9 rings (SSSR count). The highest BCUT2D eigenvalue weighted by Crippen LogP contribution is 2.35. The lowest BCUT2D eigenvalue weighted by atomic mass is 9.96. The monoisotopic (exact) mass is 643 g/mol. The van der Waals surface area contributed by atoms with Crippen molar-refractivity contribution in [1.29, 1.82) is 0 Å². The summed E-state index contributed by atoms with van der Waals surface area (Å²) in [6, 6.07) is 40.3. The Morgan fingerprint density at radius 3 is 2.14 bits per heavy atom. The van der Waals surface area contributed by atoms with Crippen molar-refractivity contribution >= 4 is 38.3 Å². The summed E-state index contributed by atoms with van der Waals surface area (Å²) in [6.07, 6.45) is 10.6. The quantitative estimate of drug-likeness (QED) is 0.175. The number of hydrogen-bond donors (Lipinski definition) is 0. The van der Waals surface area contributed by atoms with Crippen LogP contribution in [0.4, 0.5) is 0 Å². The van der Waals surface area contributed by atoms with Gasteiger partial charge in [0.1, 0.15) is 0 Å². The summed E-state index contributed by atoms with van der Waals surface area (Å²) in [4.78, 5) is 24.8. The van der Waals surface area contributed by atoms with Crippen LogP contribution in [0, 0.1) is 13.8 Å². The molecule has 0 amide bonds. The molecule has 5 nitrogen and oxygen atoms in total. The highest BCUT2D eigenvalue weighted by molar-refractivity contribution is 6.08. The Labute approximate surface area is 290 Å². The molecule has 0 aliphatic heterocycles. The SMILES string of the molecule is Cc1ccc2ccc3c(-c4ccc(-c5cc(C6=CCCC=C6)nc(-c6cccc(-c7cccc8cccnc78)c6)n5)cc4)cc(C)nc3c2n1. The van der Waals surface area contributed by atoms with Crippen molar-refractivity contribution in [3.63, 3.8) is 0 Å². The van der Waals surface area contributed by atoms with E-state index in [1.807, 2.05) is 25.3 Å². The van der Waals surface area contributed by atoms with Crippen molar-refractivity contribution in [2.45, 2.75) is 26.7 Å².